The van der Waals surface area contributed by atoms with Crippen LogP contribution in [0.25, 0.3) is 0 Å². The van der Waals surface area contributed by atoms with Crippen molar-refractivity contribution in [2.45, 2.75) is 19.4 Å². The Labute approximate surface area is 142 Å². The Balaban J connectivity index is 2.03. The molecule has 120 valence electrons. The highest BCUT2D eigenvalue weighted by molar-refractivity contribution is 9.10. The van der Waals surface area contributed by atoms with Crippen molar-refractivity contribution >= 4 is 33.3 Å². The highest BCUT2D eigenvalue weighted by Gasteiger charge is 2.22. The molecule has 7 heteroatoms. The molecule has 2 N–H and O–H groups in total. The van der Waals surface area contributed by atoms with Gasteiger partial charge in [0, 0.05) is 22.3 Å². The molecule has 0 saturated heterocycles. The fourth-order valence-electron chi connectivity index (χ4n) is 2.05. The van der Waals surface area contributed by atoms with Crippen LogP contribution in [0, 0.1) is 10.1 Å². The average molecular weight is 378 g/mol. The number of carbonyl (C=O) groups is 1. The third-order valence-electron chi connectivity index (χ3n) is 3.33. The summed E-state index contributed by atoms with van der Waals surface area (Å²) in [6, 6.07) is 13.0. The maximum atomic E-state index is 12.1. The number of rotatable bonds is 4. The summed E-state index contributed by atoms with van der Waals surface area (Å²) in [6.45, 7) is 3.79. The Bertz CT molecular complexity index is 712. The molecule has 0 radical (unpaired) electrons. The molecule has 0 fully saturated rings. The number of nitrogens with zero attached hydrogens (tertiary/aromatic N) is 1. The molecule has 6 nitrogen and oxygen atoms in total. The van der Waals surface area contributed by atoms with Crippen LogP contribution in [-0.4, -0.2) is 11.0 Å². The van der Waals surface area contributed by atoms with E-state index in [9.17, 15) is 14.9 Å². The molecular weight excluding hydrogens is 362 g/mol. The van der Waals surface area contributed by atoms with E-state index in [-0.39, 0.29) is 11.7 Å². The molecule has 0 atom stereocenters. The lowest BCUT2D eigenvalue weighted by Gasteiger charge is -2.27. The van der Waals surface area contributed by atoms with Crippen molar-refractivity contribution in [3.05, 3.63) is 68.7 Å². The van der Waals surface area contributed by atoms with Crippen LogP contribution in [-0.2, 0) is 5.54 Å². The number of nitro groups is 1. The molecule has 0 bridgehead atoms. The second-order valence-corrected chi connectivity index (χ2v) is 6.43. The number of nitrogens with one attached hydrogen (secondary N) is 2. The first kappa shape index (κ1) is 17.0. The van der Waals surface area contributed by atoms with Gasteiger partial charge in [-0.25, -0.2) is 4.79 Å². The largest absolute Gasteiger partial charge is 0.329 e. The van der Waals surface area contributed by atoms with Crippen molar-refractivity contribution in [1.29, 1.82) is 0 Å². The SMILES string of the molecule is CC(C)(NC(=O)Nc1ccc([N+](=O)[O-])cc1)c1ccc(Br)cc1. The number of benzene rings is 2. The molecule has 23 heavy (non-hydrogen) atoms. The van der Waals surface area contributed by atoms with E-state index in [1.807, 2.05) is 38.1 Å². The maximum absolute atomic E-state index is 12.1. The Hall–Kier alpha value is -2.41. The zero-order valence-electron chi connectivity index (χ0n) is 12.7. The van der Waals surface area contributed by atoms with E-state index < -0.39 is 10.5 Å². The van der Waals surface area contributed by atoms with Crippen LogP contribution in [0.5, 0.6) is 0 Å². The predicted molar refractivity (Wildman–Crippen MR) is 92.4 cm³/mol. The molecule has 0 aliphatic heterocycles. The molecule has 0 spiro atoms. The second-order valence-electron chi connectivity index (χ2n) is 5.52. The zero-order chi connectivity index (χ0) is 17.0. The summed E-state index contributed by atoms with van der Waals surface area (Å²) >= 11 is 3.38. The minimum absolute atomic E-state index is 0.0221. The van der Waals surface area contributed by atoms with Crippen LogP contribution < -0.4 is 10.6 Å². The van der Waals surface area contributed by atoms with E-state index >= 15 is 0 Å². The van der Waals surface area contributed by atoms with Crippen LogP contribution in [0.4, 0.5) is 16.2 Å². The van der Waals surface area contributed by atoms with Gasteiger partial charge in [-0.1, -0.05) is 28.1 Å². The van der Waals surface area contributed by atoms with Gasteiger partial charge in [0.25, 0.3) is 5.69 Å². The summed E-state index contributed by atoms with van der Waals surface area (Å²) in [7, 11) is 0. The van der Waals surface area contributed by atoms with Gasteiger partial charge in [-0.3, -0.25) is 10.1 Å². The number of anilines is 1. The molecule has 0 saturated carbocycles. The predicted octanol–water partition coefficient (Wildman–Crippen LogP) is 4.41. The molecule has 0 aromatic heterocycles. The van der Waals surface area contributed by atoms with Gasteiger partial charge in [0.1, 0.15) is 0 Å². The van der Waals surface area contributed by atoms with E-state index in [2.05, 4.69) is 26.6 Å². The van der Waals surface area contributed by atoms with Gasteiger partial charge >= 0.3 is 6.03 Å². The third-order valence-corrected chi connectivity index (χ3v) is 3.86. The van der Waals surface area contributed by atoms with Crippen molar-refractivity contribution in [1.82, 2.24) is 5.32 Å². The van der Waals surface area contributed by atoms with Crippen molar-refractivity contribution in [2.75, 3.05) is 5.32 Å². The van der Waals surface area contributed by atoms with Gasteiger partial charge in [-0.15, -0.1) is 0 Å². The first-order chi connectivity index (χ1) is 10.8. The monoisotopic (exact) mass is 377 g/mol. The summed E-state index contributed by atoms with van der Waals surface area (Å²) in [4.78, 5) is 22.2. The number of carbonyl (C=O) groups excluding carboxylic acids is 1. The lowest BCUT2D eigenvalue weighted by atomic mass is 9.95. The Morgan fingerprint density at radius 1 is 1.09 bits per heavy atom. The van der Waals surface area contributed by atoms with Gasteiger partial charge in [0.15, 0.2) is 0 Å². The molecule has 0 heterocycles. The van der Waals surface area contributed by atoms with Gasteiger partial charge in [0.05, 0.1) is 10.5 Å². The quantitative estimate of drug-likeness (QED) is 0.610. The number of non-ortho nitro benzene ring substituents is 1. The van der Waals surface area contributed by atoms with Crippen molar-refractivity contribution in [3.63, 3.8) is 0 Å². The molecule has 2 aromatic rings. The molecular formula is C16H16BrN3O3. The number of hydrogen-bond donors (Lipinski definition) is 2. The summed E-state index contributed by atoms with van der Waals surface area (Å²) in [6.07, 6.45) is 0. The normalized spacial score (nSPS) is 10.9. The van der Waals surface area contributed by atoms with Gasteiger partial charge in [0.2, 0.25) is 0 Å². The van der Waals surface area contributed by atoms with Crippen LogP contribution in [0.3, 0.4) is 0 Å². The van der Waals surface area contributed by atoms with Crippen LogP contribution in [0.15, 0.2) is 53.0 Å². The molecule has 2 amide bonds. The smallest absolute Gasteiger partial charge is 0.319 e. The molecule has 2 rings (SSSR count). The lowest BCUT2D eigenvalue weighted by molar-refractivity contribution is -0.384. The van der Waals surface area contributed by atoms with E-state index in [0.29, 0.717) is 5.69 Å². The third kappa shape index (κ3) is 4.53. The van der Waals surface area contributed by atoms with Crippen molar-refractivity contribution in [2.24, 2.45) is 0 Å². The number of nitro benzene ring substituents is 1. The Morgan fingerprint density at radius 2 is 1.65 bits per heavy atom. The molecule has 0 aliphatic rings. The van der Waals surface area contributed by atoms with Crippen molar-refractivity contribution < 1.29 is 9.72 Å². The number of hydrogen-bond acceptors (Lipinski definition) is 3. The Kier molecular flexibility index (Phi) is 5.00. The number of amides is 2. The van der Waals surface area contributed by atoms with Crippen molar-refractivity contribution in [3.8, 4) is 0 Å². The molecule has 2 aromatic carbocycles. The van der Waals surface area contributed by atoms with Crippen LogP contribution >= 0.6 is 15.9 Å². The second kappa shape index (κ2) is 6.78. The Morgan fingerprint density at radius 3 is 2.17 bits per heavy atom. The average Bonchev–Trinajstić information content (AvgIpc) is 2.47. The van der Waals surface area contributed by atoms with E-state index in [4.69, 9.17) is 0 Å². The van der Waals surface area contributed by atoms with Gasteiger partial charge < -0.3 is 10.6 Å². The van der Waals surface area contributed by atoms with E-state index in [0.717, 1.165) is 10.0 Å². The van der Waals surface area contributed by atoms with Gasteiger partial charge in [-0.2, -0.15) is 0 Å². The number of urea groups is 1. The molecule has 0 unspecified atom stereocenters. The first-order valence-electron chi connectivity index (χ1n) is 6.87. The summed E-state index contributed by atoms with van der Waals surface area (Å²) in [5, 5.41) is 16.1. The van der Waals surface area contributed by atoms with Crippen LogP contribution in [0.1, 0.15) is 19.4 Å². The molecule has 0 aliphatic carbocycles. The van der Waals surface area contributed by atoms with E-state index in [1.54, 1.807) is 0 Å². The lowest BCUT2D eigenvalue weighted by Crippen LogP contribution is -2.43. The summed E-state index contributed by atoms with van der Waals surface area (Å²) < 4.78 is 0.965. The fourth-order valence-corrected chi connectivity index (χ4v) is 2.32. The highest BCUT2D eigenvalue weighted by Crippen LogP contribution is 2.22. The first-order valence-corrected chi connectivity index (χ1v) is 7.67. The summed E-state index contributed by atoms with van der Waals surface area (Å²) in [5.74, 6) is 0. The van der Waals surface area contributed by atoms with Gasteiger partial charge in [-0.05, 0) is 43.7 Å². The standard InChI is InChI=1S/C16H16BrN3O3/c1-16(2,11-3-5-12(17)6-4-11)19-15(21)18-13-7-9-14(10-8-13)20(22)23/h3-10H,1-2H3,(H2,18,19,21). The minimum atomic E-state index is -0.564. The minimum Gasteiger partial charge on any atom is -0.329 e. The topological polar surface area (TPSA) is 84.3 Å². The number of halogens is 1. The van der Waals surface area contributed by atoms with E-state index in [1.165, 1.54) is 24.3 Å². The summed E-state index contributed by atoms with van der Waals surface area (Å²) in [5.41, 5.74) is 0.858. The highest BCUT2D eigenvalue weighted by atomic mass is 79.9. The zero-order valence-corrected chi connectivity index (χ0v) is 14.3. The maximum Gasteiger partial charge on any atom is 0.319 e. The van der Waals surface area contributed by atoms with Crippen LogP contribution in [0.2, 0.25) is 0 Å². The fraction of sp³-hybridized carbons (Fsp3) is 0.188.